The van der Waals surface area contributed by atoms with Crippen LogP contribution in [0.4, 0.5) is 4.39 Å². The van der Waals surface area contributed by atoms with Crippen LogP contribution in [0.15, 0.2) is 47.1 Å². The van der Waals surface area contributed by atoms with Gasteiger partial charge in [0.25, 0.3) is 5.91 Å². The molecule has 1 heterocycles. The van der Waals surface area contributed by atoms with Crippen LogP contribution in [-0.2, 0) is 11.3 Å². The highest BCUT2D eigenvalue weighted by molar-refractivity contribution is 5.95. The molecule has 0 radical (unpaired) electrons. The van der Waals surface area contributed by atoms with Crippen LogP contribution < -0.4 is 5.32 Å². The summed E-state index contributed by atoms with van der Waals surface area (Å²) in [6, 6.07) is 8.72. The molecular weight excluding hydrogens is 337 g/mol. The lowest BCUT2D eigenvalue weighted by atomic mass is 10.1. The van der Waals surface area contributed by atoms with Crippen molar-refractivity contribution in [1.82, 2.24) is 15.1 Å². The Balaban J connectivity index is 2.08. The van der Waals surface area contributed by atoms with Crippen molar-refractivity contribution in [2.24, 2.45) is 0 Å². The highest BCUT2D eigenvalue weighted by Gasteiger charge is 2.24. The van der Waals surface area contributed by atoms with E-state index in [4.69, 9.17) is 4.42 Å². The van der Waals surface area contributed by atoms with E-state index in [0.29, 0.717) is 18.7 Å². The normalized spacial score (nSPS) is 12.0. The van der Waals surface area contributed by atoms with Crippen molar-refractivity contribution in [2.45, 2.75) is 19.5 Å². The molecule has 2 aromatic rings. The van der Waals surface area contributed by atoms with Crippen molar-refractivity contribution in [3.8, 4) is 0 Å². The average molecular weight is 361 g/mol. The number of likely N-dealkylation sites (N-methyl/N-ethyl adjacent to an activating group) is 1. The number of rotatable bonds is 8. The van der Waals surface area contributed by atoms with Crippen LogP contribution >= 0.6 is 0 Å². The molecular formula is C19H24FN3O3. The molecule has 1 atom stereocenters. The zero-order valence-electron chi connectivity index (χ0n) is 15.2. The van der Waals surface area contributed by atoms with Crippen LogP contribution in [0.2, 0.25) is 0 Å². The molecule has 0 aliphatic rings. The number of nitrogens with zero attached hydrogens (tertiary/aromatic N) is 2. The van der Waals surface area contributed by atoms with Gasteiger partial charge in [-0.1, -0.05) is 18.2 Å². The Morgan fingerprint density at radius 2 is 1.88 bits per heavy atom. The second-order valence-corrected chi connectivity index (χ2v) is 6.33. The van der Waals surface area contributed by atoms with Gasteiger partial charge in [0.15, 0.2) is 5.76 Å². The zero-order valence-corrected chi connectivity index (χ0v) is 15.2. The number of carbonyl (C=O) groups excluding carboxylic acids is 2. The topological polar surface area (TPSA) is 65.8 Å². The summed E-state index contributed by atoms with van der Waals surface area (Å²) in [6.45, 7) is 2.79. The molecule has 0 aliphatic carbocycles. The molecule has 6 nitrogen and oxygen atoms in total. The zero-order chi connectivity index (χ0) is 19.1. The smallest absolute Gasteiger partial charge is 0.287 e. The van der Waals surface area contributed by atoms with E-state index in [1.54, 1.807) is 36.1 Å². The number of benzene rings is 1. The predicted octanol–water partition coefficient (Wildman–Crippen LogP) is 2.13. The van der Waals surface area contributed by atoms with Crippen LogP contribution in [0.3, 0.4) is 0 Å². The minimum atomic E-state index is -0.762. The molecule has 1 aromatic carbocycles. The van der Waals surface area contributed by atoms with Crippen molar-refractivity contribution in [3.05, 3.63) is 59.8 Å². The van der Waals surface area contributed by atoms with Gasteiger partial charge in [0.2, 0.25) is 5.91 Å². The maximum Gasteiger partial charge on any atom is 0.287 e. The number of amides is 2. The number of furan rings is 1. The van der Waals surface area contributed by atoms with E-state index in [1.807, 2.05) is 19.0 Å². The number of hydrogen-bond donors (Lipinski definition) is 1. The van der Waals surface area contributed by atoms with E-state index in [-0.39, 0.29) is 24.0 Å². The van der Waals surface area contributed by atoms with E-state index >= 15 is 0 Å². The molecule has 0 saturated heterocycles. The van der Waals surface area contributed by atoms with Crippen LogP contribution in [0.1, 0.15) is 23.0 Å². The summed E-state index contributed by atoms with van der Waals surface area (Å²) in [5.74, 6) is -0.967. The monoisotopic (exact) mass is 361 g/mol. The van der Waals surface area contributed by atoms with Crippen LogP contribution in [0, 0.1) is 5.82 Å². The van der Waals surface area contributed by atoms with Crippen molar-refractivity contribution >= 4 is 11.8 Å². The van der Waals surface area contributed by atoms with E-state index in [9.17, 15) is 14.0 Å². The summed E-state index contributed by atoms with van der Waals surface area (Å²) in [5.41, 5.74) is 0.434. The van der Waals surface area contributed by atoms with Crippen molar-refractivity contribution in [3.63, 3.8) is 0 Å². The molecule has 0 aliphatic heterocycles. The highest BCUT2D eigenvalue weighted by atomic mass is 19.1. The Bertz CT molecular complexity index is 731. The second kappa shape index (κ2) is 9.15. The third-order valence-electron chi connectivity index (χ3n) is 3.91. The molecule has 26 heavy (non-hydrogen) atoms. The Morgan fingerprint density at radius 1 is 1.15 bits per heavy atom. The van der Waals surface area contributed by atoms with Gasteiger partial charge >= 0.3 is 0 Å². The molecule has 140 valence electrons. The summed E-state index contributed by atoms with van der Waals surface area (Å²) < 4.78 is 19.0. The largest absolute Gasteiger partial charge is 0.459 e. The molecule has 1 aromatic heterocycles. The average Bonchev–Trinajstić information content (AvgIpc) is 3.14. The summed E-state index contributed by atoms with van der Waals surface area (Å²) in [4.78, 5) is 28.4. The molecule has 7 heteroatoms. The lowest BCUT2D eigenvalue weighted by Gasteiger charge is -2.27. The fourth-order valence-corrected chi connectivity index (χ4v) is 2.43. The summed E-state index contributed by atoms with van der Waals surface area (Å²) in [6.07, 6.45) is 1.39. The van der Waals surface area contributed by atoms with Crippen LogP contribution in [0.5, 0.6) is 0 Å². The highest BCUT2D eigenvalue weighted by Crippen LogP contribution is 2.11. The van der Waals surface area contributed by atoms with Gasteiger partial charge in [0.05, 0.1) is 6.26 Å². The first-order chi connectivity index (χ1) is 12.4. The van der Waals surface area contributed by atoms with Gasteiger partial charge in [-0.15, -0.1) is 0 Å². The Morgan fingerprint density at radius 3 is 2.50 bits per heavy atom. The van der Waals surface area contributed by atoms with Gasteiger partial charge in [0, 0.05) is 25.2 Å². The number of carbonyl (C=O) groups is 2. The maximum atomic E-state index is 14.0. The molecule has 0 saturated carbocycles. The van der Waals surface area contributed by atoms with Crippen LogP contribution in [0.25, 0.3) is 0 Å². The number of hydrogen-bond acceptors (Lipinski definition) is 4. The third-order valence-corrected chi connectivity index (χ3v) is 3.91. The Kier molecular flexibility index (Phi) is 6.91. The molecule has 0 spiro atoms. The van der Waals surface area contributed by atoms with Gasteiger partial charge < -0.3 is 19.5 Å². The first-order valence-electron chi connectivity index (χ1n) is 8.39. The second-order valence-electron chi connectivity index (χ2n) is 6.33. The van der Waals surface area contributed by atoms with Gasteiger partial charge in [-0.2, -0.15) is 0 Å². The molecule has 2 amide bonds. The van der Waals surface area contributed by atoms with E-state index in [2.05, 4.69) is 5.32 Å². The molecule has 2 rings (SSSR count). The molecule has 0 unspecified atom stereocenters. The lowest BCUT2D eigenvalue weighted by Crippen LogP contribution is -2.48. The minimum absolute atomic E-state index is 0.138. The SMILES string of the molecule is C[C@@H](NC(=O)c1ccco1)C(=O)N(CCN(C)C)Cc1ccccc1F. The maximum absolute atomic E-state index is 14.0. The summed E-state index contributed by atoms with van der Waals surface area (Å²) in [7, 11) is 3.79. The van der Waals surface area contributed by atoms with E-state index in [1.165, 1.54) is 18.4 Å². The molecule has 0 fully saturated rings. The van der Waals surface area contributed by atoms with Gasteiger partial charge in [0.1, 0.15) is 11.9 Å². The van der Waals surface area contributed by atoms with Gasteiger partial charge in [-0.05, 0) is 39.2 Å². The lowest BCUT2D eigenvalue weighted by molar-refractivity contribution is -0.133. The van der Waals surface area contributed by atoms with Gasteiger partial charge in [-0.25, -0.2) is 4.39 Å². The fourth-order valence-electron chi connectivity index (χ4n) is 2.43. The Labute approximate surface area is 152 Å². The van der Waals surface area contributed by atoms with Crippen molar-refractivity contribution in [2.75, 3.05) is 27.2 Å². The predicted molar refractivity (Wildman–Crippen MR) is 96.0 cm³/mol. The first-order valence-corrected chi connectivity index (χ1v) is 8.39. The third kappa shape index (κ3) is 5.42. The number of halogens is 1. The van der Waals surface area contributed by atoms with Crippen molar-refractivity contribution in [1.29, 1.82) is 0 Å². The van der Waals surface area contributed by atoms with E-state index < -0.39 is 11.9 Å². The molecule has 1 N–H and O–H groups in total. The summed E-state index contributed by atoms with van der Waals surface area (Å²) >= 11 is 0. The number of nitrogens with one attached hydrogen (secondary N) is 1. The quantitative estimate of drug-likeness (QED) is 0.782. The standard InChI is InChI=1S/C19H24FN3O3/c1-14(21-18(24)17-9-6-12-26-17)19(25)23(11-10-22(2)3)13-15-7-4-5-8-16(15)20/h4-9,12,14H,10-11,13H2,1-3H3,(H,21,24)/t14-/m1/s1. The fraction of sp³-hybridized carbons (Fsp3) is 0.368. The Hall–Kier alpha value is -2.67. The van der Waals surface area contributed by atoms with E-state index in [0.717, 1.165) is 0 Å². The first kappa shape index (κ1) is 19.7. The molecule has 0 bridgehead atoms. The van der Waals surface area contributed by atoms with Gasteiger partial charge in [-0.3, -0.25) is 9.59 Å². The van der Waals surface area contributed by atoms with Crippen LogP contribution in [-0.4, -0.2) is 54.8 Å². The minimum Gasteiger partial charge on any atom is -0.459 e. The van der Waals surface area contributed by atoms with Crippen molar-refractivity contribution < 1.29 is 18.4 Å². The summed E-state index contributed by atoms with van der Waals surface area (Å²) in [5, 5.41) is 2.62.